The number of guanidine groups is 1. The first-order valence-electron chi connectivity index (χ1n) is 15.4. The van der Waals surface area contributed by atoms with Gasteiger partial charge in [0, 0.05) is 36.2 Å². The summed E-state index contributed by atoms with van der Waals surface area (Å²) in [5.41, 5.74) is 12.5. The first kappa shape index (κ1) is 40.3. The zero-order valence-corrected chi connectivity index (χ0v) is 28.0. The van der Waals surface area contributed by atoms with Crippen molar-refractivity contribution in [3.8, 4) is 0 Å². The number of hydrogen-bond donors (Lipinski definition) is 12. The van der Waals surface area contributed by atoms with Gasteiger partial charge in [-0.05, 0) is 30.7 Å². The summed E-state index contributed by atoms with van der Waals surface area (Å²) in [6, 6.07) is -0.962. The topological polar surface area (TPSA) is 359 Å². The number of carbonyl (C=O) groups excluding carboxylic acids is 5. The van der Waals surface area contributed by atoms with Crippen molar-refractivity contribution >= 4 is 83.6 Å². The Morgan fingerprint density at radius 1 is 0.904 bits per heavy atom. The highest BCUT2D eigenvalue weighted by molar-refractivity contribution is 7.80. The number of aliphatic carboxylic acids is 3. The Bertz CT molecular complexity index is 1670. The van der Waals surface area contributed by atoms with E-state index < -0.39 is 103 Å². The molecule has 13 N–H and O–H groups in total. The first-order chi connectivity index (χ1) is 24.6. The quantitative estimate of drug-likeness (QED) is 0.0595. The number of carboxylic acid groups (broad SMARTS) is 3. The number of carboxylic acids is 3. The molecule has 0 bridgehead atoms. The minimum atomic E-state index is -1.69. The Morgan fingerprint density at radius 2 is 1.56 bits per heavy atom. The number of nitrogens with two attached hydrogens (primary N) is 2. The fourth-order valence-corrected chi connectivity index (χ4v) is 4.77. The van der Waals surface area contributed by atoms with E-state index in [-0.39, 0.29) is 30.2 Å². The van der Waals surface area contributed by atoms with Crippen molar-refractivity contribution in [2.75, 3.05) is 24.2 Å². The molecule has 23 heteroatoms. The maximum Gasteiger partial charge on any atom is 0.327 e. The molecule has 3 rings (SSSR count). The highest BCUT2D eigenvalue weighted by Crippen LogP contribution is 2.15. The first-order valence-corrected chi connectivity index (χ1v) is 16.0. The van der Waals surface area contributed by atoms with Crippen molar-refractivity contribution in [3.63, 3.8) is 0 Å². The molecule has 22 nitrogen and oxygen atoms in total. The summed E-state index contributed by atoms with van der Waals surface area (Å²) < 4.78 is 0. The van der Waals surface area contributed by atoms with Gasteiger partial charge in [-0.25, -0.2) is 14.6 Å². The number of nitrogens with zero attached hydrogens (tertiary/aromatic N) is 3. The Hall–Kier alpha value is -6.10. The van der Waals surface area contributed by atoms with Gasteiger partial charge in [0.1, 0.15) is 24.2 Å². The maximum atomic E-state index is 12.8. The largest absolute Gasteiger partial charge is 0.481 e. The Labute approximate surface area is 299 Å². The number of anilines is 1. The van der Waals surface area contributed by atoms with Crippen LogP contribution in [0.4, 0.5) is 5.69 Å². The Morgan fingerprint density at radius 3 is 2.17 bits per heavy atom. The lowest BCUT2D eigenvalue weighted by Crippen LogP contribution is -2.57. The summed E-state index contributed by atoms with van der Waals surface area (Å²) in [7, 11) is 0. The second-order valence-corrected chi connectivity index (χ2v) is 11.6. The molecule has 1 aromatic rings. The van der Waals surface area contributed by atoms with Crippen LogP contribution in [0.25, 0.3) is 0 Å². The van der Waals surface area contributed by atoms with Crippen LogP contribution in [0.5, 0.6) is 0 Å². The van der Waals surface area contributed by atoms with E-state index in [0.29, 0.717) is 11.4 Å². The van der Waals surface area contributed by atoms with Crippen LogP contribution in [0, 0.1) is 0 Å². The SMILES string of the molecule is NC1=NC2N=CC(CNc3ccc(C(=O)N[C@H](CCC(=O)NC[C@H](N)C(=O)N[C@@H](CC(=O)O)C(=O)N[C@@H](CS)C(=O)O)C(=O)O)cc3)=NC2C(=O)N1. The molecule has 0 fully saturated rings. The van der Waals surface area contributed by atoms with Crippen LogP contribution < -0.4 is 43.4 Å². The van der Waals surface area contributed by atoms with E-state index in [2.05, 4.69) is 54.2 Å². The molecule has 2 aliphatic rings. The van der Waals surface area contributed by atoms with Crippen LogP contribution >= 0.6 is 12.6 Å². The van der Waals surface area contributed by atoms with E-state index >= 15 is 0 Å². The summed E-state index contributed by atoms with van der Waals surface area (Å²) >= 11 is 3.79. The second-order valence-electron chi connectivity index (χ2n) is 11.2. The van der Waals surface area contributed by atoms with Crippen LogP contribution in [0.3, 0.4) is 0 Å². The lowest BCUT2D eigenvalue weighted by Gasteiger charge is -2.25. The average Bonchev–Trinajstić information content (AvgIpc) is 3.09. The molecule has 280 valence electrons. The number of hydrogen-bond acceptors (Lipinski definition) is 15. The number of carbonyl (C=O) groups is 8. The molecule has 0 saturated carbocycles. The highest BCUT2D eigenvalue weighted by Gasteiger charge is 2.34. The van der Waals surface area contributed by atoms with Gasteiger partial charge in [0.15, 0.2) is 18.2 Å². The smallest absolute Gasteiger partial charge is 0.327 e. The van der Waals surface area contributed by atoms with E-state index in [9.17, 15) is 43.5 Å². The number of nitrogens with one attached hydrogen (secondary N) is 6. The molecular weight excluding hydrogens is 710 g/mol. The van der Waals surface area contributed by atoms with Gasteiger partial charge in [-0.15, -0.1) is 0 Å². The van der Waals surface area contributed by atoms with E-state index in [1.54, 1.807) is 12.1 Å². The highest BCUT2D eigenvalue weighted by atomic mass is 32.1. The van der Waals surface area contributed by atoms with E-state index in [4.69, 9.17) is 21.7 Å². The van der Waals surface area contributed by atoms with Crippen LogP contribution in [0.15, 0.2) is 39.2 Å². The lowest BCUT2D eigenvalue weighted by molar-refractivity contribution is -0.143. The average molecular weight is 748 g/mol. The Kier molecular flexibility index (Phi) is 14.6. The maximum absolute atomic E-state index is 12.8. The van der Waals surface area contributed by atoms with E-state index in [1.165, 1.54) is 18.3 Å². The van der Waals surface area contributed by atoms with Gasteiger partial charge in [-0.2, -0.15) is 12.6 Å². The fourth-order valence-electron chi connectivity index (χ4n) is 4.52. The predicted octanol–water partition coefficient (Wildman–Crippen LogP) is -4.37. The van der Waals surface area contributed by atoms with Crippen molar-refractivity contribution in [1.82, 2.24) is 26.6 Å². The molecule has 2 heterocycles. The zero-order chi connectivity index (χ0) is 38.5. The molecule has 0 aliphatic carbocycles. The van der Waals surface area contributed by atoms with Gasteiger partial charge < -0.3 is 53.4 Å². The monoisotopic (exact) mass is 747 g/mol. The lowest BCUT2D eigenvalue weighted by atomic mass is 10.1. The minimum Gasteiger partial charge on any atom is -0.481 e. The number of amides is 5. The van der Waals surface area contributed by atoms with Crippen molar-refractivity contribution in [2.24, 2.45) is 26.4 Å². The van der Waals surface area contributed by atoms with E-state index in [0.717, 1.165) is 0 Å². The van der Waals surface area contributed by atoms with Gasteiger partial charge in [0.2, 0.25) is 17.7 Å². The molecule has 0 spiro atoms. The standard InChI is InChI=1S/C29H37N11O11S/c30-15(24(45)37-17(7-20(42)43)25(46)38-18(11-52)28(50)51)10-33-19(41)6-5-16(27(48)49)36-23(44)12-1-3-13(4-2-12)32-8-14-9-34-22-21(35-14)26(47)40-29(31)39-22/h1-4,9,15-18,21-22,32,52H,5-8,10-11,30H2,(H,33,41)(H,36,44)(H,37,45)(H,38,46)(H,42,43)(H,48,49)(H,50,51)(H3,31,39,40,47)/t15-,16+,17-,18-,21?,22?/m0/s1. The van der Waals surface area contributed by atoms with Gasteiger partial charge >= 0.3 is 17.9 Å². The third-order valence-electron chi connectivity index (χ3n) is 7.30. The normalized spacial score (nSPS) is 18.4. The third-order valence-corrected chi connectivity index (χ3v) is 7.67. The van der Waals surface area contributed by atoms with Gasteiger partial charge in [-0.3, -0.25) is 44.1 Å². The predicted molar refractivity (Wildman–Crippen MR) is 185 cm³/mol. The summed E-state index contributed by atoms with van der Waals surface area (Å²) in [6.45, 7) is -0.303. The molecule has 0 radical (unpaired) electrons. The summed E-state index contributed by atoms with van der Waals surface area (Å²) in [5.74, 6) is -8.73. The van der Waals surface area contributed by atoms with Crippen LogP contribution in [0.1, 0.15) is 29.6 Å². The van der Waals surface area contributed by atoms with Crippen LogP contribution in [0.2, 0.25) is 0 Å². The molecule has 0 aromatic heterocycles. The van der Waals surface area contributed by atoms with Crippen molar-refractivity contribution in [2.45, 2.75) is 55.6 Å². The molecule has 0 saturated heterocycles. The van der Waals surface area contributed by atoms with Gasteiger partial charge in [0.05, 0.1) is 18.7 Å². The minimum absolute atomic E-state index is 0.0344. The number of aliphatic imine (C=N–C) groups is 3. The molecule has 1 aromatic carbocycles. The fraction of sp³-hybridized carbons (Fsp3) is 0.414. The molecule has 52 heavy (non-hydrogen) atoms. The summed E-state index contributed by atoms with van der Waals surface area (Å²) in [5, 5.41) is 42.0. The third kappa shape index (κ3) is 12.0. The molecular formula is C29H37N11O11S. The molecule has 2 aliphatic heterocycles. The number of benzene rings is 1. The number of fused-ring (bicyclic) bond motifs is 1. The van der Waals surface area contributed by atoms with Crippen molar-refractivity contribution < 1.29 is 53.7 Å². The van der Waals surface area contributed by atoms with Crippen molar-refractivity contribution in [3.05, 3.63) is 29.8 Å². The van der Waals surface area contributed by atoms with Crippen molar-refractivity contribution in [1.29, 1.82) is 0 Å². The molecule has 5 amide bonds. The Balaban J connectivity index is 1.45. The van der Waals surface area contributed by atoms with Crippen LogP contribution in [-0.4, -0.2) is 136 Å². The van der Waals surface area contributed by atoms with Gasteiger partial charge in [-0.1, -0.05) is 0 Å². The summed E-state index contributed by atoms with van der Waals surface area (Å²) in [6.07, 6.45) is -0.910. The number of rotatable bonds is 19. The number of thiol groups is 1. The second kappa shape index (κ2) is 18.8. The molecule has 6 atom stereocenters. The molecule has 2 unspecified atom stereocenters. The zero-order valence-electron chi connectivity index (χ0n) is 27.1. The van der Waals surface area contributed by atoms with E-state index in [1.807, 2.05) is 5.32 Å². The van der Waals surface area contributed by atoms with Crippen LogP contribution in [-0.2, 0) is 33.6 Å². The summed E-state index contributed by atoms with van der Waals surface area (Å²) in [4.78, 5) is 109. The van der Waals surface area contributed by atoms with Gasteiger partial charge in [0.25, 0.3) is 11.8 Å².